The number of alkyl halides is 3. The van der Waals surface area contributed by atoms with E-state index in [9.17, 15) is 33.0 Å². The number of amides is 1. The number of nitrogens with zero attached hydrogens (tertiary/aromatic N) is 4. The molecular formula is C16H19F3N6O6S. The van der Waals surface area contributed by atoms with Crippen molar-refractivity contribution in [3.05, 3.63) is 12.7 Å². The number of ether oxygens (including phenoxy) is 1. The summed E-state index contributed by atoms with van der Waals surface area (Å²) in [7, 11) is 0. The van der Waals surface area contributed by atoms with Gasteiger partial charge in [-0.15, -0.1) is 0 Å². The number of aliphatic hydroxyl groups is 2. The predicted octanol–water partition coefficient (Wildman–Crippen LogP) is -0.717. The van der Waals surface area contributed by atoms with Gasteiger partial charge in [0.2, 0.25) is 0 Å². The van der Waals surface area contributed by atoms with Crippen LogP contribution in [-0.2, 0) is 14.3 Å². The van der Waals surface area contributed by atoms with Gasteiger partial charge in [0.15, 0.2) is 17.7 Å². The Morgan fingerprint density at radius 1 is 1.28 bits per heavy atom. The van der Waals surface area contributed by atoms with Crippen molar-refractivity contribution in [1.29, 1.82) is 0 Å². The summed E-state index contributed by atoms with van der Waals surface area (Å²) >= 11 is 1.08. The molecule has 0 aromatic carbocycles. The number of anilines is 1. The average molecular weight is 480 g/mol. The lowest BCUT2D eigenvalue weighted by atomic mass is 10.1. The van der Waals surface area contributed by atoms with Gasteiger partial charge in [-0.2, -0.15) is 24.9 Å². The fourth-order valence-corrected chi connectivity index (χ4v) is 4.13. The number of hydrogen-bond acceptors (Lipinski definition) is 10. The average Bonchev–Trinajstić information content (AvgIpc) is 3.26. The zero-order valence-electron chi connectivity index (χ0n) is 16.1. The molecule has 32 heavy (non-hydrogen) atoms. The normalized spacial score (nSPS) is 24.5. The number of carbonyl (C=O) groups excluding carboxylic acids is 1. The molecule has 1 aliphatic heterocycles. The van der Waals surface area contributed by atoms with Crippen LogP contribution in [0.25, 0.3) is 11.2 Å². The van der Waals surface area contributed by atoms with Crippen LogP contribution >= 0.6 is 11.8 Å². The van der Waals surface area contributed by atoms with Gasteiger partial charge in [0, 0.05) is 5.75 Å². The number of aliphatic carboxylic acids is 1. The molecule has 12 nitrogen and oxygen atoms in total. The van der Waals surface area contributed by atoms with Crippen molar-refractivity contribution in [2.24, 2.45) is 0 Å². The summed E-state index contributed by atoms with van der Waals surface area (Å²) in [6.07, 6.45) is -7.50. The van der Waals surface area contributed by atoms with Gasteiger partial charge in [-0.05, 0) is 12.2 Å². The quantitative estimate of drug-likeness (QED) is 0.300. The lowest BCUT2D eigenvalue weighted by Gasteiger charge is -2.17. The van der Waals surface area contributed by atoms with Crippen molar-refractivity contribution in [1.82, 2.24) is 24.8 Å². The largest absolute Gasteiger partial charge is 0.480 e. The summed E-state index contributed by atoms with van der Waals surface area (Å²) in [5.41, 5.74) is 6.30. The third-order valence-corrected chi connectivity index (χ3v) is 5.78. The molecule has 0 aliphatic carbocycles. The Morgan fingerprint density at radius 2 is 2.00 bits per heavy atom. The second-order valence-corrected chi connectivity index (χ2v) is 8.00. The van der Waals surface area contributed by atoms with E-state index >= 15 is 0 Å². The van der Waals surface area contributed by atoms with Crippen LogP contribution in [0.3, 0.4) is 0 Å². The van der Waals surface area contributed by atoms with Crippen LogP contribution in [0.4, 0.5) is 19.0 Å². The zero-order chi connectivity index (χ0) is 23.6. The number of aliphatic hydroxyl groups excluding tert-OH is 2. The number of carboxylic acids is 1. The number of aromatic nitrogens is 4. The highest BCUT2D eigenvalue weighted by Crippen LogP contribution is 2.33. The van der Waals surface area contributed by atoms with Gasteiger partial charge in [0.25, 0.3) is 0 Å². The summed E-state index contributed by atoms with van der Waals surface area (Å²) in [5, 5.41) is 31.1. The summed E-state index contributed by atoms with van der Waals surface area (Å²) in [5.74, 6) is -3.69. The highest BCUT2D eigenvalue weighted by atomic mass is 32.2. The Bertz CT molecular complexity index is 991. The topological polar surface area (TPSA) is 186 Å². The first-order valence-corrected chi connectivity index (χ1v) is 10.3. The van der Waals surface area contributed by atoms with E-state index in [0.717, 1.165) is 11.8 Å². The highest BCUT2D eigenvalue weighted by molar-refractivity contribution is 7.99. The van der Waals surface area contributed by atoms with Gasteiger partial charge in [0.05, 0.1) is 12.4 Å². The van der Waals surface area contributed by atoms with Crippen LogP contribution in [0.1, 0.15) is 12.6 Å². The number of carbonyl (C=O) groups is 2. The number of fused-ring (bicyclic) bond motifs is 1. The maximum Gasteiger partial charge on any atom is 0.471 e. The molecule has 1 fully saturated rings. The van der Waals surface area contributed by atoms with Crippen molar-refractivity contribution < 1.29 is 42.8 Å². The van der Waals surface area contributed by atoms with Gasteiger partial charge in [0.1, 0.15) is 30.1 Å². The molecule has 2 aromatic heterocycles. The van der Waals surface area contributed by atoms with Crippen LogP contribution in [0.5, 0.6) is 0 Å². The molecular weight excluding hydrogens is 461 g/mol. The maximum atomic E-state index is 12.3. The number of nitrogens with one attached hydrogen (secondary N) is 1. The maximum absolute atomic E-state index is 12.3. The third-order valence-electron chi connectivity index (χ3n) is 4.69. The molecule has 176 valence electrons. The number of nitrogens with two attached hydrogens (primary N) is 1. The van der Waals surface area contributed by atoms with Crippen molar-refractivity contribution in [3.8, 4) is 0 Å². The number of imidazole rings is 1. The number of carboxylic acid groups (broad SMARTS) is 1. The van der Waals surface area contributed by atoms with Gasteiger partial charge >= 0.3 is 18.1 Å². The minimum Gasteiger partial charge on any atom is -0.480 e. The minimum absolute atomic E-state index is 0.0419. The molecule has 3 rings (SSSR count). The van der Waals surface area contributed by atoms with E-state index in [2.05, 4.69) is 15.0 Å². The molecule has 1 aliphatic rings. The summed E-state index contributed by atoms with van der Waals surface area (Å²) < 4.78 is 44.1. The number of thioether (sulfide) groups is 1. The second-order valence-electron chi connectivity index (χ2n) is 6.85. The summed E-state index contributed by atoms with van der Waals surface area (Å²) in [6, 6.07) is -1.73. The van der Waals surface area contributed by atoms with Crippen molar-refractivity contribution in [3.63, 3.8) is 0 Å². The summed E-state index contributed by atoms with van der Waals surface area (Å²) in [6.45, 7) is 0. The fraction of sp³-hybridized carbons (Fsp3) is 0.562. The van der Waals surface area contributed by atoms with Crippen molar-refractivity contribution >= 4 is 40.6 Å². The van der Waals surface area contributed by atoms with E-state index in [0.29, 0.717) is 0 Å². The third kappa shape index (κ3) is 5.03. The zero-order valence-corrected chi connectivity index (χ0v) is 17.0. The molecule has 0 radical (unpaired) electrons. The van der Waals surface area contributed by atoms with Gasteiger partial charge < -0.3 is 31.1 Å². The standard InChI is InChI=1S/C16H19F3N6O6S/c17-16(18,19)15(30)24-6(14(28)29)1-2-32-3-7-9(26)10(27)13(31-7)25-5-23-8-11(20)21-4-22-12(8)25/h4-7,9-10,13,26-27H,1-3H2,(H,24,30)(H,28,29)(H2,20,21,22)/t6-,7+,9+,10+,13+/m0/s1. The van der Waals surface area contributed by atoms with Gasteiger partial charge in [-0.25, -0.2) is 19.7 Å². The van der Waals surface area contributed by atoms with E-state index in [1.165, 1.54) is 22.5 Å². The van der Waals surface area contributed by atoms with Crippen LogP contribution < -0.4 is 11.1 Å². The molecule has 0 spiro atoms. The lowest BCUT2D eigenvalue weighted by Crippen LogP contribution is -2.47. The number of hydrogen-bond donors (Lipinski definition) is 5. The number of halogens is 3. The Morgan fingerprint density at radius 3 is 2.66 bits per heavy atom. The Labute approximate surface area is 182 Å². The molecule has 2 aromatic rings. The van der Waals surface area contributed by atoms with Crippen LogP contribution in [-0.4, -0.2) is 88.8 Å². The monoisotopic (exact) mass is 480 g/mol. The van der Waals surface area contributed by atoms with Gasteiger partial charge in [-0.1, -0.05) is 0 Å². The number of rotatable bonds is 8. The van der Waals surface area contributed by atoms with E-state index < -0.39 is 48.6 Å². The minimum atomic E-state index is -5.19. The first-order chi connectivity index (χ1) is 15.0. The Kier molecular flexibility index (Phi) is 7.06. The molecule has 1 amide bonds. The highest BCUT2D eigenvalue weighted by Gasteiger charge is 2.44. The Hall–Kier alpha value is -2.69. The smallest absolute Gasteiger partial charge is 0.471 e. The van der Waals surface area contributed by atoms with Crippen LogP contribution in [0.15, 0.2) is 12.7 Å². The SMILES string of the molecule is Nc1ncnc2c1ncn2[C@@H]1O[C@H](CSCC[C@H](NC(=O)C(F)(F)F)C(=O)O)[C@@H](O)[C@H]1O. The van der Waals surface area contributed by atoms with E-state index in [-0.39, 0.29) is 34.9 Å². The lowest BCUT2D eigenvalue weighted by molar-refractivity contribution is -0.175. The van der Waals surface area contributed by atoms with Crippen LogP contribution in [0, 0.1) is 0 Å². The molecule has 3 heterocycles. The molecule has 5 atom stereocenters. The number of nitrogen functional groups attached to an aromatic ring is 1. The van der Waals surface area contributed by atoms with Crippen molar-refractivity contribution in [2.45, 2.75) is 43.2 Å². The molecule has 6 N–H and O–H groups in total. The van der Waals surface area contributed by atoms with E-state index in [4.69, 9.17) is 15.6 Å². The molecule has 0 bridgehead atoms. The second kappa shape index (κ2) is 9.43. The first-order valence-electron chi connectivity index (χ1n) is 9.13. The first kappa shape index (κ1) is 24.0. The molecule has 16 heteroatoms. The fourth-order valence-electron chi connectivity index (χ4n) is 3.05. The van der Waals surface area contributed by atoms with Crippen LogP contribution in [0.2, 0.25) is 0 Å². The molecule has 0 saturated carbocycles. The summed E-state index contributed by atoms with van der Waals surface area (Å²) in [4.78, 5) is 34.0. The van der Waals surface area contributed by atoms with Crippen molar-refractivity contribution in [2.75, 3.05) is 17.2 Å². The Balaban J connectivity index is 1.56. The molecule has 0 unspecified atom stereocenters. The molecule has 1 saturated heterocycles. The van der Waals surface area contributed by atoms with E-state index in [1.54, 1.807) is 0 Å². The van der Waals surface area contributed by atoms with Gasteiger partial charge in [-0.3, -0.25) is 9.36 Å². The van der Waals surface area contributed by atoms with E-state index in [1.807, 2.05) is 0 Å². The predicted molar refractivity (Wildman–Crippen MR) is 103 cm³/mol.